The van der Waals surface area contributed by atoms with Crippen molar-refractivity contribution in [2.75, 3.05) is 20.8 Å². The molecule has 1 unspecified atom stereocenters. The van der Waals surface area contributed by atoms with Crippen LogP contribution in [0.15, 0.2) is 36.4 Å². The van der Waals surface area contributed by atoms with Gasteiger partial charge in [0.1, 0.15) is 29.5 Å². The van der Waals surface area contributed by atoms with Crippen LogP contribution in [0.3, 0.4) is 0 Å². The van der Waals surface area contributed by atoms with E-state index >= 15 is 0 Å². The molecule has 2 aliphatic carbocycles. The van der Waals surface area contributed by atoms with Crippen LogP contribution in [0.4, 0.5) is 4.79 Å². The predicted octanol–water partition coefficient (Wildman–Crippen LogP) is 2.25. The zero-order valence-electron chi connectivity index (χ0n) is 29.5. The monoisotopic (exact) mass is 743 g/mol. The smallest absolute Gasteiger partial charge is 0.405 e. The highest BCUT2D eigenvalue weighted by atomic mass is 32.2. The van der Waals surface area contributed by atoms with Gasteiger partial charge in [-0.1, -0.05) is 19.1 Å². The fourth-order valence-corrected chi connectivity index (χ4v) is 8.36. The fraction of sp³-hybridized carbons (Fsp3) is 0.571. The molecule has 3 fully saturated rings. The number of fused-ring (bicyclic) bond motifs is 3. The Morgan fingerprint density at radius 1 is 1.15 bits per heavy atom. The summed E-state index contributed by atoms with van der Waals surface area (Å²) < 4.78 is 51.2. The minimum Gasteiger partial charge on any atom is -0.497 e. The van der Waals surface area contributed by atoms with Gasteiger partial charge >= 0.3 is 6.09 Å². The Balaban J connectivity index is 1.36. The van der Waals surface area contributed by atoms with Crippen LogP contribution in [0.1, 0.15) is 58.8 Å². The van der Waals surface area contributed by atoms with Crippen LogP contribution in [0.5, 0.6) is 17.5 Å². The number of sulfonamides is 1. The number of amides is 4. The lowest BCUT2D eigenvalue weighted by atomic mass is 10.0. The maximum absolute atomic E-state index is 14.4. The van der Waals surface area contributed by atoms with Crippen molar-refractivity contribution in [3.63, 3.8) is 0 Å². The van der Waals surface area contributed by atoms with Gasteiger partial charge in [-0.2, -0.15) is 4.98 Å². The molecular weight excluding hydrogens is 698 g/mol. The van der Waals surface area contributed by atoms with E-state index in [2.05, 4.69) is 20.3 Å². The van der Waals surface area contributed by atoms with Gasteiger partial charge in [0.05, 0.1) is 38.2 Å². The molecule has 282 valence electrons. The molecule has 4 amide bonds. The third kappa shape index (κ3) is 7.74. The van der Waals surface area contributed by atoms with E-state index in [0.717, 1.165) is 0 Å². The maximum Gasteiger partial charge on any atom is 0.405 e. The van der Waals surface area contributed by atoms with Crippen molar-refractivity contribution in [1.29, 1.82) is 0 Å². The lowest BCUT2D eigenvalue weighted by Gasteiger charge is -2.33. The Hall–Kier alpha value is -4.64. The topological polar surface area (TPSA) is 212 Å². The van der Waals surface area contributed by atoms with Gasteiger partial charge in [-0.3, -0.25) is 19.1 Å². The number of rotatable bonds is 9. The van der Waals surface area contributed by atoms with Gasteiger partial charge in [-0.15, -0.1) is 0 Å². The number of allylic oxidation sites excluding steroid dienone is 1. The first-order valence-electron chi connectivity index (χ1n) is 17.5. The highest BCUT2D eigenvalue weighted by Gasteiger charge is 2.62. The molecule has 1 aromatic heterocycles. The van der Waals surface area contributed by atoms with E-state index in [4.69, 9.17) is 18.9 Å². The van der Waals surface area contributed by atoms with E-state index in [1.807, 2.05) is 13.0 Å². The minimum atomic E-state index is -3.93. The molecule has 2 aliphatic heterocycles. The number of benzene rings is 1. The van der Waals surface area contributed by atoms with E-state index in [1.54, 1.807) is 44.4 Å². The molecule has 4 N–H and O–H groups in total. The number of pyridine rings is 1. The van der Waals surface area contributed by atoms with Crippen LogP contribution >= 0.6 is 0 Å². The van der Waals surface area contributed by atoms with Crippen molar-refractivity contribution < 1.29 is 51.6 Å². The zero-order chi connectivity index (χ0) is 37.4. The normalized spacial score (nSPS) is 30.1. The number of hydrogen-bond donors (Lipinski definition) is 4. The highest BCUT2D eigenvalue weighted by Crippen LogP contribution is 2.46. The molecule has 7 atom stereocenters. The van der Waals surface area contributed by atoms with Crippen LogP contribution in [-0.2, 0) is 29.1 Å². The number of hydrogen-bond acceptors (Lipinski definition) is 11. The average Bonchev–Trinajstić information content (AvgIpc) is 4.04. The highest BCUT2D eigenvalue weighted by molar-refractivity contribution is 7.91. The molecule has 16 nitrogen and oxygen atoms in total. The number of carboxylic acid groups (broad SMARTS) is 1. The van der Waals surface area contributed by atoms with Crippen LogP contribution in [0, 0.1) is 5.92 Å². The third-order valence-corrected chi connectivity index (χ3v) is 11.9. The second-order valence-electron chi connectivity index (χ2n) is 13.8. The Kier molecular flexibility index (Phi) is 10.5. The second kappa shape index (κ2) is 14.8. The average molecular weight is 744 g/mol. The van der Waals surface area contributed by atoms with E-state index in [-0.39, 0.29) is 43.7 Å². The minimum absolute atomic E-state index is 0.0550. The summed E-state index contributed by atoms with van der Waals surface area (Å²) in [5.74, 6) is -1.75. The molecule has 0 radical (unpaired) electrons. The summed E-state index contributed by atoms with van der Waals surface area (Å²) >= 11 is 0. The lowest BCUT2D eigenvalue weighted by Crippen LogP contribution is -2.60. The number of carbonyl (C=O) groups excluding carboxylic acids is 3. The van der Waals surface area contributed by atoms with Gasteiger partial charge in [-0.05, 0) is 69.0 Å². The van der Waals surface area contributed by atoms with Crippen LogP contribution in [0.25, 0.3) is 10.8 Å². The van der Waals surface area contributed by atoms with E-state index in [0.29, 0.717) is 42.2 Å². The van der Waals surface area contributed by atoms with Crippen molar-refractivity contribution in [2.45, 2.75) is 100.0 Å². The van der Waals surface area contributed by atoms with Crippen molar-refractivity contribution in [1.82, 2.24) is 25.2 Å². The maximum atomic E-state index is 14.4. The number of nitrogens with zero attached hydrogens (tertiary/aromatic N) is 2. The van der Waals surface area contributed by atoms with Crippen LogP contribution < -0.4 is 29.6 Å². The summed E-state index contributed by atoms with van der Waals surface area (Å²) in [7, 11) is -0.930. The molecular formula is C35H45N5O11S. The summed E-state index contributed by atoms with van der Waals surface area (Å²) in [4.78, 5) is 60.2. The first-order chi connectivity index (χ1) is 24.8. The molecule has 1 aromatic carbocycles. The number of nitrogens with one attached hydrogen (secondary N) is 3. The summed E-state index contributed by atoms with van der Waals surface area (Å²) in [5.41, 5.74) is -1.57. The number of carbonyl (C=O) groups is 4. The predicted molar refractivity (Wildman–Crippen MR) is 186 cm³/mol. The zero-order valence-corrected chi connectivity index (χ0v) is 30.3. The molecule has 4 aliphatic rings. The number of aromatic nitrogens is 1. The van der Waals surface area contributed by atoms with Gasteiger partial charge in [0.15, 0.2) is 0 Å². The SMILES string of the molecule is CC[C@@H]1O[C@H](C)CC/C=C\[C@@H]2CC2(C(=O)NS(=O)(=O)C2CC2)NC(=O)[C@@H]2C[C@@H](Oc3nc(OC)cc4cc(OC)ccc34)CN2C(=O)[C@H]1NC(=O)O. The quantitative estimate of drug-likeness (QED) is 0.273. The third-order valence-electron chi connectivity index (χ3n) is 10.1. The number of ether oxygens (including phenoxy) is 4. The standard InChI is InChI=1S/C35H45N5O11S/c1-5-27-29(37-34(44)45)32(42)40-18-23(51-31-25-13-10-22(48-3)14-20(25)15-28(36-31)49-4)16-26(40)30(41)38-35(33(43)39-52(46,47)24-11-12-24)17-21(35)9-7-6-8-19(2)50-27/h7,9-10,13-15,19,21,23-24,26-27,29,37H,5-6,8,11-12,16-18H2,1-4H3,(H,38,41)(H,39,43)(H,44,45)/b9-7-/t19-,21-,23-,26+,27+,29+,35?/m1/s1. The molecule has 6 rings (SSSR count). The molecule has 1 saturated heterocycles. The van der Waals surface area contributed by atoms with Gasteiger partial charge in [0.2, 0.25) is 33.6 Å². The van der Waals surface area contributed by atoms with Crippen molar-refractivity contribution in [3.8, 4) is 17.5 Å². The van der Waals surface area contributed by atoms with Crippen LogP contribution in [0.2, 0.25) is 0 Å². The lowest BCUT2D eigenvalue weighted by molar-refractivity contribution is -0.145. The van der Waals surface area contributed by atoms with E-state index in [1.165, 1.54) is 12.0 Å². The largest absolute Gasteiger partial charge is 0.497 e. The summed E-state index contributed by atoms with van der Waals surface area (Å²) in [5, 5.41) is 15.6. The summed E-state index contributed by atoms with van der Waals surface area (Å²) in [6, 6.07) is 4.38. The molecule has 0 spiro atoms. The van der Waals surface area contributed by atoms with Crippen molar-refractivity contribution in [2.24, 2.45) is 5.92 Å². The first kappa shape index (κ1) is 37.1. The van der Waals surface area contributed by atoms with Gasteiger partial charge in [-0.25, -0.2) is 13.2 Å². The van der Waals surface area contributed by atoms with E-state index < -0.39 is 74.8 Å². The molecule has 17 heteroatoms. The molecule has 0 bridgehead atoms. The van der Waals surface area contributed by atoms with Gasteiger partial charge < -0.3 is 39.6 Å². The second-order valence-corrected chi connectivity index (χ2v) is 15.8. The van der Waals surface area contributed by atoms with Gasteiger partial charge in [0, 0.05) is 23.8 Å². The Bertz CT molecular complexity index is 1860. The first-order valence-corrected chi connectivity index (χ1v) is 19.0. The Morgan fingerprint density at radius 3 is 2.60 bits per heavy atom. The van der Waals surface area contributed by atoms with Crippen molar-refractivity contribution >= 4 is 44.6 Å². The molecule has 2 aromatic rings. The Morgan fingerprint density at radius 2 is 1.92 bits per heavy atom. The number of methoxy groups -OCH3 is 2. The van der Waals surface area contributed by atoms with Crippen molar-refractivity contribution in [3.05, 3.63) is 36.4 Å². The Labute approximate surface area is 301 Å². The van der Waals surface area contributed by atoms with E-state index in [9.17, 15) is 32.7 Å². The van der Waals surface area contributed by atoms with Gasteiger partial charge in [0.25, 0.3) is 5.91 Å². The molecule has 52 heavy (non-hydrogen) atoms. The molecule has 3 heterocycles. The fourth-order valence-electron chi connectivity index (χ4n) is 7.00. The van der Waals surface area contributed by atoms with Crippen LogP contribution in [-0.4, -0.2) is 109 Å². The molecule has 2 saturated carbocycles. The summed E-state index contributed by atoms with van der Waals surface area (Å²) in [6.07, 6.45) is 2.45. The summed E-state index contributed by atoms with van der Waals surface area (Å²) in [6.45, 7) is 3.45.